The normalized spacial score (nSPS) is 16.6. The number of ether oxygens (including phenoxy) is 3. The van der Waals surface area contributed by atoms with Gasteiger partial charge in [-0.1, -0.05) is 6.07 Å². The minimum Gasteiger partial charge on any atom is -0.454 e. The lowest BCUT2D eigenvalue weighted by Gasteiger charge is -2.40. The lowest BCUT2D eigenvalue weighted by molar-refractivity contribution is -0.00923. The number of benzene rings is 2. The summed E-state index contributed by atoms with van der Waals surface area (Å²) in [5, 5.41) is 2.93. The van der Waals surface area contributed by atoms with Gasteiger partial charge in [-0.05, 0) is 44.2 Å². The van der Waals surface area contributed by atoms with Crippen molar-refractivity contribution in [3.05, 3.63) is 48.0 Å². The highest BCUT2D eigenvalue weighted by Gasteiger charge is 2.29. The predicted octanol–water partition coefficient (Wildman–Crippen LogP) is 2.06. The third-order valence-corrected chi connectivity index (χ3v) is 6.96. The first-order chi connectivity index (χ1) is 15.2. The summed E-state index contributed by atoms with van der Waals surface area (Å²) in [6.45, 7) is 7.62. The molecule has 1 fully saturated rings. The maximum Gasteiger partial charge on any atom is 0.261 e. The molecule has 0 atom stereocenters. The Bertz CT molecular complexity index is 1100. The molecule has 2 aromatic carbocycles. The number of rotatable bonds is 7. The van der Waals surface area contributed by atoms with E-state index in [0.717, 1.165) is 13.1 Å². The van der Waals surface area contributed by atoms with Crippen LogP contribution in [0.5, 0.6) is 11.5 Å². The topological polar surface area (TPSA) is 106 Å². The number of hydrogen-bond acceptors (Lipinski definition) is 7. The van der Waals surface area contributed by atoms with Crippen molar-refractivity contribution in [3.8, 4) is 11.5 Å². The van der Waals surface area contributed by atoms with Gasteiger partial charge >= 0.3 is 0 Å². The second kappa shape index (κ2) is 8.97. The van der Waals surface area contributed by atoms with Gasteiger partial charge in [0.1, 0.15) is 0 Å². The van der Waals surface area contributed by atoms with E-state index in [1.807, 2.05) is 0 Å². The fourth-order valence-corrected chi connectivity index (χ4v) is 4.75. The second-order valence-electron chi connectivity index (χ2n) is 8.30. The van der Waals surface area contributed by atoms with E-state index in [1.165, 1.54) is 12.1 Å². The number of carbonyl (C=O) groups is 1. The number of sulfonamides is 1. The lowest BCUT2D eigenvalue weighted by Crippen LogP contribution is -2.55. The molecule has 1 saturated heterocycles. The van der Waals surface area contributed by atoms with Crippen LogP contribution in [0.25, 0.3) is 0 Å². The Morgan fingerprint density at radius 3 is 2.59 bits per heavy atom. The lowest BCUT2D eigenvalue weighted by atomic mass is 10.0. The van der Waals surface area contributed by atoms with Crippen molar-refractivity contribution in [1.29, 1.82) is 0 Å². The molecule has 2 aliphatic rings. The van der Waals surface area contributed by atoms with E-state index in [4.69, 9.17) is 14.2 Å². The Hall–Kier alpha value is -2.82. The van der Waals surface area contributed by atoms with Crippen LogP contribution in [0.4, 0.5) is 5.69 Å². The van der Waals surface area contributed by atoms with Crippen molar-refractivity contribution in [2.75, 3.05) is 44.4 Å². The molecule has 0 unspecified atom stereocenters. The van der Waals surface area contributed by atoms with Crippen LogP contribution in [0.3, 0.4) is 0 Å². The van der Waals surface area contributed by atoms with Crippen LogP contribution in [0.15, 0.2) is 47.4 Å². The second-order valence-corrected chi connectivity index (χ2v) is 9.98. The summed E-state index contributed by atoms with van der Waals surface area (Å²) >= 11 is 0. The van der Waals surface area contributed by atoms with Crippen molar-refractivity contribution in [2.45, 2.75) is 24.3 Å². The number of morpholine rings is 1. The van der Waals surface area contributed by atoms with E-state index < -0.39 is 10.0 Å². The standard InChI is InChI=1S/C22H27N3O6S/c1-22(2,25-8-10-29-11-9-25)14-23-21(26)16-4-3-5-18(12-16)32(27,28)24-17-6-7-19-20(13-17)31-15-30-19/h3-7,12-13,24H,8-11,14-15H2,1-2H3,(H,23,26). The SMILES string of the molecule is CC(C)(CNC(=O)c1cccc(S(=O)(=O)Nc2ccc3c(c2)OCO3)c1)N1CCOCC1. The highest BCUT2D eigenvalue weighted by Crippen LogP contribution is 2.34. The Morgan fingerprint density at radius 1 is 1.06 bits per heavy atom. The summed E-state index contributed by atoms with van der Waals surface area (Å²) in [5.74, 6) is 0.708. The van der Waals surface area contributed by atoms with Crippen molar-refractivity contribution in [1.82, 2.24) is 10.2 Å². The van der Waals surface area contributed by atoms with Gasteiger partial charge in [0, 0.05) is 36.8 Å². The first-order valence-electron chi connectivity index (χ1n) is 10.4. The predicted molar refractivity (Wildman–Crippen MR) is 119 cm³/mol. The molecule has 1 amide bonds. The van der Waals surface area contributed by atoms with Crippen LogP contribution in [0, 0.1) is 0 Å². The first kappa shape index (κ1) is 22.4. The smallest absolute Gasteiger partial charge is 0.261 e. The monoisotopic (exact) mass is 461 g/mol. The van der Waals surface area contributed by atoms with Crippen molar-refractivity contribution < 1.29 is 27.4 Å². The number of hydrogen-bond donors (Lipinski definition) is 2. The van der Waals surface area contributed by atoms with Crippen LogP contribution in [-0.4, -0.2) is 64.4 Å². The molecular weight excluding hydrogens is 434 g/mol. The van der Waals surface area contributed by atoms with Crippen LogP contribution >= 0.6 is 0 Å². The van der Waals surface area contributed by atoms with Crippen molar-refractivity contribution in [2.24, 2.45) is 0 Å². The zero-order valence-electron chi connectivity index (χ0n) is 18.1. The minimum absolute atomic E-state index is 0.00439. The molecule has 0 aromatic heterocycles. The fraction of sp³-hybridized carbons (Fsp3) is 0.409. The number of nitrogens with zero attached hydrogens (tertiary/aromatic N) is 1. The largest absolute Gasteiger partial charge is 0.454 e. The first-order valence-corrected chi connectivity index (χ1v) is 11.9. The van der Waals surface area contributed by atoms with Gasteiger partial charge in [-0.3, -0.25) is 14.4 Å². The molecule has 9 nitrogen and oxygen atoms in total. The van der Waals surface area contributed by atoms with E-state index in [0.29, 0.717) is 36.9 Å². The van der Waals surface area contributed by atoms with Gasteiger partial charge in [0.2, 0.25) is 6.79 Å². The maximum absolute atomic E-state index is 12.9. The molecule has 2 aliphatic heterocycles. The van der Waals surface area contributed by atoms with Gasteiger partial charge in [0.15, 0.2) is 11.5 Å². The van der Waals surface area contributed by atoms with E-state index in [-0.39, 0.29) is 28.7 Å². The zero-order chi connectivity index (χ0) is 22.8. The Balaban J connectivity index is 1.43. The summed E-state index contributed by atoms with van der Waals surface area (Å²) in [4.78, 5) is 15.0. The van der Waals surface area contributed by atoms with Crippen LogP contribution in [0.1, 0.15) is 24.2 Å². The highest BCUT2D eigenvalue weighted by atomic mass is 32.2. The van der Waals surface area contributed by atoms with Gasteiger partial charge in [-0.2, -0.15) is 0 Å². The van der Waals surface area contributed by atoms with Gasteiger partial charge in [-0.15, -0.1) is 0 Å². The quantitative estimate of drug-likeness (QED) is 0.650. The van der Waals surface area contributed by atoms with Crippen LogP contribution in [-0.2, 0) is 14.8 Å². The number of anilines is 1. The van der Waals surface area contributed by atoms with E-state index in [9.17, 15) is 13.2 Å². The summed E-state index contributed by atoms with van der Waals surface area (Å²) < 4.78 is 44.2. The Labute approximate surface area is 187 Å². The molecule has 0 saturated carbocycles. The average molecular weight is 462 g/mol. The van der Waals surface area contributed by atoms with E-state index in [1.54, 1.807) is 30.3 Å². The van der Waals surface area contributed by atoms with Crippen LogP contribution in [0.2, 0.25) is 0 Å². The number of fused-ring (bicyclic) bond motifs is 1. The van der Waals surface area contributed by atoms with E-state index >= 15 is 0 Å². The van der Waals surface area contributed by atoms with Gasteiger partial charge < -0.3 is 19.5 Å². The molecule has 32 heavy (non-hydrogen) atoms. The summed E-state index contributed by atoms with van der Waals surface area (Å²) in [7, 11) is -3.90. The highest BCUT2D eigenvalue weighted by molar-refractivity contribution is 7.92. The van der Waals surface area contributed by atoms with E-state index in [2.05, 4.69) is 28.8 Å². The number of carbonyl (C=O) groups excluding carboxylic acids is 1. The van der Waals surface area contributed by atoms with Crippen LogP contribution < -0.4 is 19.5 Å². The third kappa shape index (κ3) is 4.98. The van der Waals surface area contributed by atoms with Gasteiger partial charge in [-0.25, -0.2) is 8.42 Å². The van der Waals surface area contributed by atoms with Gasteiger partial charge in [0.25, 0.3) is 15.9 Å². The average Bonchev–Trinajstić information content (AvgIpc) is 3.26. The number of amides is 1. The molecule has 2 N–H and O–H groups in total. The maximum atomic E-state index is 12.9. The van der Waals surface area contributed by atoms with Crippen molar-refractivity contribution >= 4 is 21.6 Å². The molecule has 0 spiro atoms. The van der Waals surface area contributed by atoms with Gasteiger partial charge in [0.05, 0.1) is 23.8 Å². The molecular formula is C22H27N3O6S. The van der Waals surface area contributed by atoms with Crippen molar-refractivity contribution in [3.63, 3.8) is 0 Å². The summed E-state index contributed by atoms with van der Waals surface area (Å²) in [6, 6.07) is 10.8. The molecule has 2 heterocycles. The molecule has 0 radical (unpaired) electrons. The summed E-state index contributed by atoms with van der Waals surface area (Å²) in [6.07, 6.45) is 0. The fourth-order valence-electron chi connectivity index (χ4n) is 3.66. The molecule has 0 bridgehead atoms. The summed E-state index contributed by atoms with van der Waals surface area (Å²) in [5.41, 5.74) is 0.372. The molecule has 10 heteroatoms. The molecule has 0 aliphatic carbocycles. The minimum atomic E-state index is -3.90. The number of nitrogens with one attached hydrogen (secondary N) is 2. The molecule has 4 rings (SSSR count). The molecule has 172 valence electrons. The Morgan fingerprint density at radius 2 is 1.81 bits per heavy atom. The zero-order valence-corrected chi connectivity index (χ0v) is 18.9. The Kier molecular flexibility index (Phi) is 6.27. The third-order valence-electron chi connectivity index (χ3n) is 5.58. The molecule has 2 aromatic rings.